The highest BCUT2D eigenvalue weighted by atomic mass is 16.5. The Morgan fingerprint density at radius 1 is 1.40 bits per heavy atom. The van der Waals surface area contributed by atoms with Crippen molar-refractivity contribution in [1.82, 2.24) is 0 Å². The minimum atomic E-state index is -0.575. The Morgan fingerprint density at radius 2 is 2.15 bits per heavy atom. The molecule has 0 saturated carbocycles. The average molecular weight is 275 g/mol. The molecule has 0 fully saturated rings. The van der Waals surface area contributed by atoms with Crippen molar-refractivity contribution in [3.05, 3.63) is 40.2 Å². The van der Waals surface area contributed by atoms with Gasteiger partial charge in [0.25, 0.3) is 0 Å². The van der Waals surface area contributed by atoms with Crippen LogP contribution >= 0.6 is 0 Å². The third-order valence-corrected chi connectivity index (χ3v) is 3.00. The Kier molecular flexibility index (Phi) is 4.53. The topological polar surface area (TPSA) is 72.0 Å². The smallest absolute Gasteiger partial charge is 0.349 e. The lowest BCUT2D eigenvalue weighted by molar-refractivity contribution is 0.197. The molecule has 106 valence electrons. The summed E-state index contributed by atoms with van der Waals surface area (Å²) >= 11 is 0. The fourth-order valence-corrected chi connectivity index (χ4v) is 1.99. The van der Waals surface area contributed by atoms with Gasteiger partial charge in [0.2, 0.25) is 0 Å². The SMILES string of the molecule is COCCC/N=C(\C)c1c(O)c2ccccc2oc1=O. The van der Waals surface area contributed by atoms with Crippen LogP contribution < -0.4 is 5.63 Å². The van der Waals surface area contributed by atoms with E-state index >= 15 is 0 Å². The number of aliphatic imine (C=N–C) groups is 1. The third-order valence-electron chi connectivity index (χ3n) is 3.00. The summed E-state index contributed by atoms with van der Waals surface area (Å²) in [5.74, 6) is -0.0789. The van der Waals surface area contributed by atoms with Gasteiger partial charge in [0.1, 0.15) is 16.9 Å². The van der Waals surface area contributed by atoms with Crippen LogP contribution in [0.2, 0.25) is 0 Å². The maximum absolute atomic E-state index is 12.0. The van der Waals surface area contributed by atoms with E-state index < -0.39 is 5.63 Å². The van der Waals surface area contributed by atoms with Gasteiger partial charge in [0.05, 0.1) is 11.1 Å². The first-order valence-corrected chi connectivity index (χ1v) is 6.40. The maximum Gasteiger partial charge on any atom is 0.349 e. The van der Waals surface area contributed by atoms with Crippen molar-refractivity contribution in [3.63, 3.8) is 0 Å². The molecule has 5 heteroatoms. The van der Waals surface area contributed by atoms with E-state index in [4.69, 9.17) is 9.15 Å². The van der Waals surface area contributed by atoms with Gasteiger partial charge in [-0.3, -0.25) is 4.99 Å². The number of para-hydroxylation sites is 1. The van der Waals surface area contributed by atoms with Gasteiger partial charge in [-0.15, -0.1) is 0 Å². The molecule has 5 nitrogen and oxygen atoms in total. The van der Waals surface area contributed by atoms with E-state index in [0.717, 1.165) is 6.42 Å². The summed E-state index contributed by atoms with van der Waals surface area (Å²) in [6.07, 6.45) is 0.757. The van der Waals surface area contributed by atoms with Crippen LogP contribution in [0.5, 0.6) is 5.75 Å². The summed E-state index contributed by atoms with van der Waals surface area (Å²) in [5.41, 5.74) is 0.388. The van der Waals surface area contributed by atoms with Crippen LogP contribution in [0, 0.1) is 0 Å². The molecule has 2 aromatic rings. The van der Waals surface area contributed by atoms with Crippen LogP contribution in [0.3, 0.4) is 0 Å². The zero-order valence-electron chi connectivity index (χ0n) is 11.5. The first-order valence-electron chi connectivity index (χ1n) is 6.40. The summed E-state index contributed by atoms with van der Waals surface area (Å²) in [5, 5.41) is 10.7. The van der Waals surface area contributed by atoms with Crippen molar-refractivity contribution in [2.45, 2.75) is 13.3 Å². The minimum absolute atomic E-state index is 0.0789. The van der Waals surface area contributed by atoms with Gasteiger partial charge in [-0.1, -0.05) is 12.1 Å². The van der Waals surface area contributed by atoms with Crippen LogP contribution in [0.1, 0.15) is 18.9 Å². The second kappa shape index (κ2) is 6.34. The molecule has 0 unspecified atom stereocenters. The highest BCUT2D eigenvalue weighted by molar-refractivity contribution is 6.04. The van der Waals surface area contributed by atoms with E-state index in [1.165, 1.54) is 0 Å². The number of fused-ring (bicyclic) bond motifs is 1. The van der Waals surface area contributed by atoms with Crippen molar-refractivity contribution in [3.8, 4) is 5.75 Å². The number of aromatic hydroxyl groups is 1. The molecule has 0 aliphatic rings. The lowest BCUT2D eigenvalue weighted by Crippen LogP contribution is -2.13. The van der Waals surface area contributed by atoms with Crippen LogP contribution in [0.15, 0.2) is 38.5 Å². The third kappa shape index (κ3) is 2.88. The first-order chi connectivity index (χ1) is 9.65. The largest absolute Gasteiger partial charge is 0.506 e. The monoisotopic (exact) mass is 275 g/mol. The molecule has 0 amide bonds. The molecule has 1 aromatic heterocycles. The molecule has 0 aliphatic carbocycles. The number of rotatable bonds is 5. The predicted octanol–water partition coefficient (Wildman–Crippen LogP) is 2.34. The number of hydrogen-bond donors (Lipinski definition) is 1. The van der Waals surface area contributed by atoms with Gasteiger partial charge in [-0.25, -0.2) is 4.79 Å². The van der Waals surface area contributed by atoms with E-state index in [2.05, 4.69) is 4.99 Å². The predicted molar refractivity (Wildman–Crippen MR) is 77.7 cm³/mol. The van der Waals surface area contributed by atoms with Crippen molar-refractivity contribution >= 4 is 16.7 Å². The summed E-state index contributed by atoms with van der Waals surface area (Å²) in [4.78, 5) is 16.2. The van der Waals surface area contributed by atoms with Crippen LogP contribution in [-0.2, 0) is 4.74 Å². The summed E-state index contributed by atoms with van der Waals surface area (Å²) < 4.78 is 10.1. The van der Waals surface area contributed by atoms with Gasteiger partial charge in [-0.05, 0) is 25.5 Å². The van der Waals surface area contributed by atoms with Gasteiger partial charge in [-0.2, -0.15) is 0 Å². The maximum atomic E-state index is 12.0. The Morgan fingerprint density at radius 3 is 2.90 bits per heavy atom. The van der Waals surface area contributed by atoms with Gasteiger partial charge < -0.3 is 14.3 Å². The Balaban J connectivity index is 2.41. The fourth-order valence-electron chi connectivity index (χ4n) is 1.99. The second-order valence-corrected chi connectivity index (χ2v) is 4.42. The summed E-state index contributed by atoms with van der Waals surface area (Å²) in [6.45, 7) is 2.83. The van der Waals surface area contributed by atoms with Crippen LogP contribution in [0.25, 0.3) is 11.0 Å². The Bertz CT molecular complexity index is 688. The number of benzene rings is 1. The van der Waals surface area contributed by atoms with Crippen molar-refractivity contribution < 1.29 is 14.3 Å². The molecular weight excluding hydrogens is 258 g/mol. The van der Waals surface area contributed by atoms with Crippen LogP contribution in [0.4, 0.5) is 0 Å². The molecule has 0 radical (unpaired) electrons. The van der Waals surface area contributed by atoms with Gasteiger partial charge >= 0.3 is 5.63 Å². The molecule has 20 heavy (non-hydrogen) atoms. The Labute approximate surface area is 116 Å². The zero-order valence-corrected chi connectivity index (χ0v) is 11.5. The Hall–Kier alpha value is -2.14. The molecule has 0 bridgehead atoms. The molecule has 0 aliphatic heterocycles. The van der Waals surface area contributed by atoms with Gasteiger partial charge in [0, 0.05) is 20.3 Å². The van der Waals surface area contributed by atoms with E-state index in [1.54, 1.807) is 38.3 Å². The van der Waals surface area contributed by atoms with Crippen molar-refractivity contribution in [2.75, 3.05) is 20.3 Å². The van der Waals surface area contributed by atoms with Crippen LogP contribution in [-0.4, -0.2) is 31.1 Å². The lowest BCUT2D eigenvalue weighted by Gasteiger charge is -2.06. The van der Waals surface area contributed by atoms with Gasteiger partial charge in [0.15, 0.2) is 0 Å². The minimum Gasteiger partial charge on any atom is -0.506 e. The van der Waals surface area contributed by atoms with Crippen molar-refractivity contribution in [2.24, 2.45) is 4.99 Å². The summed E-state index contributed by atoms with van der Waals surface area (Å²) in [7, 11) is 1.63. The molecule has 0 saturated heterocycles. The molecule has 1 heterocycles. The molecule has 0 spiro atoms. The summed E-state index contributed by atoms with van der Waals surface area (Å²) in [6, 6.07) is 6.87. The molecule has 1 N–H and O–H groups in total. The quantitative estimate of drug-likeness (QED) is 0.516. The van der Waals surface area contributed by atoms with E-state index in [0.29, 0.717) is 29.8 Å². The second-order valence-electron chi connectivity index (χ2n) is 4.42. The van der Waals surface area contributed by atoms with E-state index in [1.807, 2.05) is 0 Å². The van der Waals surface area contributed by atoms with E-state index in [-0.39, 0.29) is 11.3 Å². The average Bonchev–Trinajstić information content (AvgIpc) is 2.43. The number of ether oxygens (including phenoxy) is 1. The molecular formula is C15H17NO4. The lowest BCUT2D eigenvalue weighted by atomic mass is 10.1. The highest BCUT2D eigenvalue weighted by Gasteiger charge is 2.15. The molecule has 2 rings (SSSR count). The molecule has 0 atom stereocenters. The molecule has 1 aromatic carbocycles. The first kappa shape index (κ1) is 14.3. The number of hydrogen-bond acceptors (Lipinski definition) is 5. The zero-order chi connectivity index (χ0) is 14.5. The van der Waals surface area contributed by atoms with Crippen molar-refractivity contribution in [1.29, 1.82) is 0 Å². The standard InChI is InChI=1S/C15H17NO4/c1-10(16-8-5-9-19-2)13-14(17)11-6-3-4-7-12(11)20-15(13)18/h3-4,6-7,17H,5,8-9H2,1-2H3/b16-10+. The highest BCUT2D eigenvalue weighted by Crippen LogP contribution is 2.26. The van der Waals surface area contributed by atoms with E-state index in [9.17, 15) is 9.90 Å². The number of nitrogens with zero attached hydrogens (tertiary/aromatic N) is 1. The normalized spacial score (nSPS) is 12.0. The number of methoxy groups -OCH3 is 1. The fraction of sp³-hybridized carbons (Fsp3) is 0.333.